The van der Waals surface area contributed by atoms with Crippen molar-refractivity contribution >= 4 is 5.97 Å². The summed E-state index contributed by atoms with van der Waals surface area (Å²) in [4.78, 5) is 13.4. The Kier molecular flexibility index (Phi) is 4.80. The van der Waals surface area contributed by atoms with Gasteiger partial charge in [-0.2, -0.15) is 0 Å². The Morgan fingerprint density at radius 1 is 1.47 bits per heavy atom. The van der Waals surface area contributed by atoms with Gasteiger partial charge in [0.15, 0.2) is 0 Å². The van der Waals surface area contributed by atoms with E-state index in [0.29, 0.717) is 13.2 Å². The number of aryl methyl sites for hydroxylation is 1. The summed E-state index contributed by atoms with van der Waals surface area (Å²) >= 11 is 0. The van der Waals surface area contributed by atoms with Gasteiger partial charge in [0, 0.05) is 6.54 Å². The molecule has 0 N–H and O–H groups in total. The molecular weight excluding hydrogens is 242 g/mol. The monoisotopic (exact) mass is 263 g/mol. The van der Waals surface area contributed by atoms with Crippen LogP contribution < -0.4 is 4.74 Å². The van der Waals surface area contributed by atoms with Gasteiger partial charge < -0.3 is 9.47 Å². The number of ether oxygens (including phenoxy) is 2. The van der Waals surface area contributed by atoms with Crippen molar-refractivity contribution in [3.63, 3.8) is 0 Å². The van der Waals surface area contributed by atoms with Gasteiger partial charge in [0.1, 0.15) is 5.75 Å². The van der Waals surface area contributed by atoms with Gasteiger partial charge in [-0.3, -0.25) is 9.69 Å². The third-order valence-electron chi connectivity index (χ3n) is 3.13. The molecule has 1 aromatic rings. The van der Waals surface area contributed by atoms with E-state index in [1.807, 2.05) is 24.9 Å². The smallest absolute Gasteiger partial charge is 0.320 e. The molecule has 2 rings (SSSR count). The second-order valence-electron chi connectivity index (χ2n) is 4.87. The van der Waals surface area contributed by atoms with E-state index >= 15 is 0 Å². The third kappa shape index (κ3) is 3.96. The first-order valence-electron chi connectivity index (χ1n) is 6.78. The van der Waals surface area contributed by atoms with Gasteiger partial charge in [-0.05, 0) is 44.0 Å². The van der Waals surface area contributed by atoms with Crippen LogP contribution in [0.5, 0.6) is 5.75 Å². The standard InChI is InChI=1S/C15H21NO3/c1-3-18-15(17)11-16(2)10-12-6-7-14-13(9-12)5-4-8-19-14/h6-7,9H,3-5,8,10-11H2,1-2H3. The molecule has 0 aromatic heterocycles. The molecular formula is C15H21NO3. The first-order chi connectivity index (χ1) is 9.19. The van der Waals surface area contributed by atoms with Crippen LogP contribution in [0.3, 0.4) is 0 Å². The number of nitrogens with zero attached hydrogens (tertiary/aromatic N) is 1. The third-order valence-corrected chi connectivity index (χ3v) is 3.13. The molecule has 0 amide bonds. The lowest BCUT2D eigenvalue weighted by Crippen LogP contribution is -2.27. The second kappa shape index (κ2) is 6.57. The summed E-state index contributed by atoms with van der Waals surface area (Å²) in [6.07, 6.45) is 2.15. The Balaban J connectivity index is 1.93. The van der Waals surface area contributed by atoms with E-state index in [-0.39, 0.29) is 5.97 Å². The lowest BCUT2D eigenvalue weighted by Gasteiger charge is -2.20. The Morgan fingerprint density at radius 2 is 2.32 bits per heavy atom. The largest absolute Gasteiger partial charge is 0.493 e. The van der Waals surface area contributed by atoms with Crippen molar-refractivity contribution in [2.45, 2.75) is 26.3 Å². The molecule has 0 atom stereocenters. The van der Waals surface area contributed by atoms with E-state index in [9.17, 15) is 4.79 Å². The van der Waals surface area contributed by atoms with Gasteiger partial charge in [0.25, 0.3) is 0 Å². The van der Waals surface area contributed by atoms with Crippen molar-refractivity contribution in [1.82, 2.24) is 4.90 Å². The van der Waals surface area contributed by atoms with Crippen molar-refractivity contribution < 1.29 is 14.3 Å². The van der Waals surface area contributed by atoms with Gasteiger partial charge >= 0.3 is 5.97 Å². The van der Waals surface area contributed by atoms with E-state index < -0.39 is 0 Å². The summed E-state index contributed by atoms with van der Waals surface area (Å²) in [5, 5.41) is 0. The van der Waals surface area contributed by atoms with Crippen LogP contribution in [0.25, 0.3) is 0 Å². The molecule has 0 saturated heterocycles. The highest BCUT2D eigenvalue weighted by Crippen LogP contribution is 2.25. The Bertz CT molecular complexity index is 445. The quantitative estimate of drug-likeness (QED) is 0.762. The number of esters is 1. The van der Waals surface area contributed by atoms with E-state index in [2.05, 4.69) is 12.1 Å². The molecule has 1 aliphatic heterocycles. The molecule has 1 aliphatic rings. The lowest BCUT2D eigenvalue weighted by molar-refractivity contribution is -0.144. The van der Waals surface area contributed by atoms with E-state index in [1.165, 1.54) is 11.1 Å². The predicted molar refractivity (Wildman–Crippen MR) is 73.2 cm³/mol. The first-order valence-corrected chi connectivity index (χ1v) is 6.78. The summed E-state index contributed by atoms with van der Waals surface area (Å²) in [5.41, 5.74) is 2.48. The van der Waals surface area contributed by atoms with Gasteiger partial charge in [-0.25, -0.2) is 0 Å². The first kappa shape index (κ1) is 13.9. The number of carbonyl (C=O) groups excluding carboxylic acids is 1. The van der Waals surface area contributed by atoms with Crippen LogP contribution in [0.1, 0.15) is 24.5 Å². The number of carbonyl (C=O) groups is 1. The van der Waals surface area contributed by atoms with Crippen LogP contribution in [0, 0.1) is 0 Å². The number of benzene rings is 1. The van der Waals surface area contributed by atoms with Crippen molar-refractivity contribution in [3.05, 3.63) is 29.3 Å². The summed E-state index contributed by atoms with van der Waals surface area (Å²) in [5.74, 6) is 0.828. The number of rotatable bonds is 5. The minimum Gasteiger partial charge on any atom is -0.493 e. The fraction of sp³-hybridized carbons (Fsp3) is 0.533. The highest BCUT2D eigenvalue weighted by atomic mass is 16.5. The summed E-state index contributed by atoms with van der Waals surface area (Å²) in [7, 11) is 1.92. The minimum absolute atomic E-state index is 0.175. The average Bonchev–Trinajstić information content (AvgIpc) is 2.38. The molecule has 0 spiro atoms. The molecule has 0 aliphatic carbocycles. The van der Waals surface area contributed by atoms with Crippen LogP contribution in [-0.2, 0) is 22.5 Å². The Hall–Kier alpha value is -1.55. The highest BCUT2D eigenvalue weighted by molar-refractivity contribution is 5.71. The molecule has 0 fully saturated rings. The zero-order chi connectivity index (χ0) is 13.7. The fourth-order valence-electron chi connectivity index (χ4n) is 2.31. The molecule has 104 valence electrons. The van der Waals surface area contributed by atoms with Crippen LogP contribution in [0.4, 0.5) is 0 Å². The van der Waals surface area contributed by atoms with Gasteiger partial charge in [0.2, 0.25) is 0 Å². The average molecular weight is 263 g/mol. The molecule has 1 heterocycles. The van der Waals surface area contributed by atoms with Crippen molar-refractivity contribution in [1.29, 1.82) is 0 Å². The number of fused-ring (bicyclic) bond motifs is 1. The molecule has 0 radical (unpaired) electrons. The van der Waals surface area contributed by atoms with Gasteiger partial charge in [0.05, 0.1) is 19.8 Å². The minimum atomic E-state index is -0.175. The van der Waals surface area contributed by atoms with Crippen LogP contribution in [0.2, 0.25) is 0 Å². The molecule has 1 aromatic carbocycles. The van der Waals surface area contributed by atoms with Gasteiger partial charge in [-0.15, -0.1) is 0 Å². The molecule has 4 nitrogen and oxygen atoms in total. The maximum absolute atomic E-state index is 11.4. The molecule has 0 saturated carbocycles. The van der Waals surface area contributed by atoms with Crippen LogP contribution >= 0.6 is 0 Å². The molecule has 0 bridgehead atoms. The zero-order valence-electron chi connectivity index (χ0n) is 11.6. The van der Waals surface area contributed by atoms with E-state index in [0.717, 1.165) is 31.7 Å². The summed E-state index contributed by atoms with van der Waals surface area (Å²) in [6.45, 7) is 4.13. The van der Waals surface area contributed by atoms with Crippen molar-refractivity contribution in [3.8, 4) is 5.75 Å². The highest BCUT2D eigenvalue weighted by Gasteiger charge is 2.12. The SMILES string of the molecule is CCOC(=O)CN(C)Cc1ccc2c(c1)CCCO2. The number of hydrogen-bond donors (Lipinski definition) is 0. The Labute approximate surface area is 114 Å². The maximum Gasteiger partial charge on any atom is 0.320 e. The topological polar surface area (TPSA) is 38.8 Å². The molecule has 19 heavy (non-hydrogen) atoms. The lowest BCUT2D eigenvalue weighted by atomic mass is 10.0. The van der Waals surface area contributed by atoms with Crippen molar-refractivity contribution in [2.75, 3.05) is 26.8 Å². The summed E-state index contributed by atoms with van der Waals surface area (Å²) < 4.78 is 10.5. The summed E-state index contributed by atoms with van der Waals surface area (Å²) in [6, 6.07) is 6.27. The van der Waals surface area contributed by atoms with Crippen molar-refractivity contribution in [2.24, 2.45) is 0 Å². The van der Waals surface area contributed by atoms with E-state index in [4.69, 9.17) is 9.47 Å². The number of likely N-dealkylation sites (N-methyl/N-ethyl adjacent to an activating group) is 1. The fourth-order valence-corrected chi connectivity index (χ4v) is 2.31. The van der Waals surface area contributed by atoms with Crippen LogP contribution in [0.15, 0.2) is 18.2 Å². The number of hydrogen-bond acceptors (Lipinski definition) is 4. The van der Waals surface area contributed by atoms with Gasteiger partial charge in [-0.1, -0.05) is 12.1 Å². The molecule has 0 unspecified atom stereocenters. The maximum atomic E-state index is 11.4. The zero-order valence-corrected chi connectivity index (χ0v) is 11.6. The molecule has 4 heteroatoms. The normalized spacial score (nSPS) is 13.8. The second-order valence-corrected chi connectivity index (χ2v) is 4.87. The van der Waals surface area contributed by atoms with E-state index in [1.54, 1.807) is 0 Å². The predicted octanol–water partition coefficient (Wildman–Crippen LogP) is 2.01. The Morgan fingerprint density at radius 3 is 3.11 bits per heavy atom. The van der Waals surface area contributed by atoms with Crippen LogP contribution in [-0.4, -0.2) is 37.7 Å².